The first-order valence-electron chi connectivity index (χ1n) is 5.04. The topological polar surface area (TPSA) is 47.0 Å². The van der Waals surface area contributed by atoms with Gasteiger partial charge in [-0.15, -0.1) is 0 Å². The Hall–Kier alpha value is -0.320. The van der Waals surface area contributed by atoms with Crippen LogP contribution >= 0.6 is 22.3 Å². The highest BCUT2D eigenvalue weighted by molar-refractivity contribution is 8.13. The quantitative estimate of drug-likeness (QED) is 0.743. The third-order valence-corrected chi connectivity index (χ3v) is 4.76. The predicted molar refractivity (Wildman–Crippen MR) is 63.7 cm³/mol. The first-order chi connectivity index (χ1) is 7.41. The first-order valence-corrected chi connectivity index (χ1v) is 7.72. The van der Waals surface area contributed by atoms with Gasteiger partial charge in [0.25, 0.3) is 9.05 Å². The van der Waals surface area contributed by atoms with Crippen molar-refractivity contribution in [2.24, 2.45) is 0 Å². The summed E-state index contributed by atoms with van der Waals surface area (Å²) in [5.41, 5.74) is 2.15. The molecule has 0 bridgehead atoms. The van der Waals surface area contributed by atoms with Crippen LogP contribution in [0.3, 0.4) is 0 Å². The molecule has 1 aliphatic rings. The molecule has 0 N–H and O–H groups in total. The van der Waals surface area contributed by atoms with E-state index in [9.17, 15) is 8.42 Å². The number of hydrogen-bond acceptors (Lipinski definition) is 3. The van der Waals surface area contributed by atoms with Gasteiger partial charge in [0.15, 0.2) is 0 Å². The third-order valence-electron chi connectivity index (χ3n) is 2.78. The van der Waals surface area contributed by atoms with Gasteiger partial charge in [-0.1, -0.05) is 11.6 Å². The largest absolute Gasteiger partial charge is 0.264 e. The van der Waals surface area contributed by atoms with Crippen molar-refractivity contribution in [2.75, 3.05) is 0 Å². The van der Waals surface area contributed by atoms with Crippen LogP contribution in [0, 0.1) is 6.92 Å². The molecule has 0 aliphatic heterocycles. The van der Waals surface area contributed by atoms with Gasteiger partial charge in [0, 0.05) is 16.4 Å². The smallest absolute Gasteiger partial charge is 0.256 e. The van der Waals surface area contributed by atoms with Gasteiger partial charge in [-0.25, -0.2) is 8.42 Å². The molecule has 0 atom stereocenters. The normalized spacial score (nSPS) is 15.9. The predicted octanol–water partition coefficient (Wildman–Crippen LogP) is 2.85. The SMILES string of the molecule is Cc1nc2c(c(Cl)c1S(=O)(=O)Cl)CCCC2. The third kappa shape index (κ3) is 2.06. The number of fused-ring (bicyclic) bond motifs is 1. The molecule has 1 aliphatic carbocycles. The number of nitrogens with zero attached hydrogens (tertiary/aromatic N) is 1. The van der Waals surface area contributed by atoms with Crippen molar-refractivity contribution in [3.63, 3.8) is 0 Å². The molecule has 1 heterocycles. The Morgan fingerprint density at radius 3 is 2.50 bits per heavy atom. The molecule has 0 spiro atoms. The minimum absolute atomic E-state index is 0.0310. The van der Waals surface area contributed by atoms with Crippen LogP contribution in [0.1, 0.15) is 29.8 Å². The van der Waals surface area contributed by atoms with Crippen LogP contribution in [-0.4, -0.2) is 13.4 Å². The zero-order valence-corrected chi connectivity index (χ0v) is 11.1. The second kappa shape index (κ2) is 4.17. The van der Waals surface area contributed by atoms with Gasteiger partial charge in [0.2, 0.25) is 0 Å². The van der Waals surface area contributed by atoms with E-state index in [0.717, 1.165) is 36.9 Å². The van der Waals surface area contributed by atoms with Crippen molar-refractivity contribution in [1.29, 1.82) is 0 Å². The standard InChI is InChI=1S/C10H11Cl2NO2S/c1-6-10(16(12,14)15)9(11)7-4-2-3-5-8(7)13-6/h2-5H2,1H3. The summed E-state index contributed by atoms with van der Waals surface area (Å²) in [4.78, 5) is 4.26. The summed E-state index contributed by atoms with van der Waals surface area (Å²) >= 11 is 6.11. The maximum absolute atomic E-state index is 11.4. The van der Waals surface area contributed by atoms with Gasteiger partial charge in [-0.3, -0.25) is 4.98 Å². The van der Waals surface area contributed by atoms with Crippen molar-refractivity contribution < 1.29 is 8.42 Å². The zero-order chi connectivity index (χ0) is 11.9. The van der Waals surface area contributed by atoms with Gasteiger partial charge < -0.3 is 0 Å². The fourth-order valence-corrected chi connectivity index (χ4v) is 4.15. The average molecular weight is 280 g/mol. The summed E-state index contributed by atoms with van der Waals surface area (Å²) in [6, 6.07) is 0. The number of hydrogen-bond donors (Lipinski definition) is 0. The number of rotatable bonds is 1. The summed E-state index contributed by atoms with van der Waals surface area (Å²) in [6.45, 7) is 1.62. The fourth-order valence-electron chi connectivity index (χ4n) is 2.08. The summed E-state index contributed by atoms with van der Waals surface area (Å²) in [5.74, 6) is 0. The maximum Gasteiger partial charge on any atom is 0.264 e. The van der Waals surface area contributed by atoms with Crippen molar-refractivity contribution in [1.82, 2.24) is 4.98 Å². The van der Waals surface area contributed by atoms with Gasteiger partial charge in [0.1, 0.15) is 4.90 Å². The Morgan fingerprint density at radius 1 is 1.25 bits per heavy atom. The van der Waals surface area contributed by atoms with Gasteiger partial charge in [-0.2, -0.15) is 0 Å². The van der Waals surface area contributed by atoms with Crippen LogP contribution in [0.15, 0.2) is 4.90 Å². The van der Waals surface area contributed by atoms with Crippen LogP contribution in [0.25, 0.3) is 0 Å². The van der Waals surface area contributed by atoms with Crippen LogP contribution < -0.4 is 0 Å². The number of aromatic nitrogens is 1. The lowest BCUT2D eigenvalue weighted by Gasteiger charge is -2.18. The van der Waals surface area contributed by atoms with E-state index < -0.39 is 9.05 Å². The molecule has 0 saturated carbocycles. The van der Waals surface area contributed by atoms with Gasteiger partial charge in [-0.05, 0) is 38.2 Å². The molecule has 6 heteroatoms. The van der Waals surface area contributed by atoms with E-state index in [2.05, 4.69) is 4.98 Å². The van der Waals surface area contributed by atoms with Crippen molar-refractivity contribution in [3.8, 4) is 0 Å². The molecule has 0 saturated heterocycles. The molecule has 3 nitrogen and oxygen atoms in total. The molecule has 1 aromatic rings. The highest BCUT2D eigenvalue weighted by Gasteiger charge is 2.25. The van der Waals surface area contributed by atoms with Crippen LogP contribution in [0.5, 0.6) is 0 Å². The summed E-state index contributed by atoms with van der Waals surface area (Å²) < 4.78 is 22.8. The highest BCUT2D eigenvalue weighted by atomic mass is 35.7. The molecule has 0 unspecified atom stereocenters. The Labute approximate surface area is 104 Å². The lowest BCUT2D eigenvalue weighted by molar-refractivity contribution is 0.606. The Morgan fingerprint density at radius 2 is 1.88 bits per heavy atom. The Kier molecular flexibility index (Phi) is 3.16. The summed E-state index contributed by atoms with van der Waals surface area (Å²) in [5, 5.41) is 0.261. The molecule has 0 aromatic carbocycles. The Balaban J connectivity index is 2.73. The van der Waals surface area contributed by atoms with Crippen molar-refractivity contribution >= 4 is 31.3 Å². The van der Waals surface area contributed by atoms with E-state index >= 15 is 0 Å². The number of halogens is 2. The molecule has 2 rings (SSSR count). The molecular formula is C10H11Cl2NO2S. The number of aryl methyl sites for hydroxylation is 2. The molecular weight excluding hydrogens is 269 g/mol. The summed E-state index contributed by atoms with van der Waals surface area (Å²) in [7, 11) is 1.54. The second-order valence-electron chi connectivity index (χ2n) is 3.91. The molecule has 1 aromatic heterocycles. The molecule has 0 amide bonds. The van der Waals surface area contributed by atoms with Crippen LogP contribution in [0.4, 0.5) is 0 Å². The van der Waals surface area contributed by atoms with E-state index in [1.54, 1.807) is 6.92 Å². The van der Waals surface area contributed by atoms with E-state index in [-0.39, 0.29) is 9.92 Å². The lowest BCUT2D eigenvalue weighted by Crippen LogP contribution is -2.11. The molecule has 16 heavy (non-hydrogen) atoms. The van der Waals surface area contributed by atoms with E-state index in [4.69, 9.17) is 22.3 Å². The van der Waals surface area contributed by atoms with Crippen molar-refractivity contribution in [2.45, 2.75) is 37.5 Å². The minimum Gasteiger partial charge on any atom is -0.256 e. The Bertz CT molecular complexity index is 540. The molecule has 0 radical (unpaired) electrons. The summed E-state index contributed by atoms with van der Waals surface area (Å²) in [6.07, 6.45) is 3.72. The van der Waals surface area contributed by atoms with E-state index in [1.165, 1.54) is 0 Å². The van der Waals surface area contributed by atoms with Crippen LogP contribution in [-0.2, 0) is 21.9 Å². The fraction of sp³-hybridized carbons (Fsp3) is 0.500. The molecule has 0 fully saturated rings. The average Bonchev–Trinajstić information content (AvgIpc) is 2.15. The van der Waals surface area contributed by atoms with Gasteiger partial charge in [0.05, 0.1) is 10.7 Å². The maximum atomic E-state index is 11.4. The second-order valence-corrected chi connectivity index (χ2v) is 6.79. The van der Waals surface area contributed by atoms with Crippen molar-refractivity contribution in [3.05, 3.63) is 22.0 Å². The number of pyridine rings is 1. The van der Waals surface area contributed by atoms with Crippen LogP contribution in [0.2, 0.25) is 5.02 Å². The first kappa shape index (κ1) is 12.1. The van der Waals surface area contributed by atoms with E-state index in [1.807, 2.05) is 0 Å². The monoisotopic (exact) mass is 279 g/mol. The van der Waals surface area contributed by atoms with E-state index in [0.29, 0.717) is 5.69 Å². The zero-order valence-electron chi connectivity index (χ0n) is 8.76. The lowest BCUT2D eigenvalue weighted by atomic mass is 9.96. The minimum atomic E-state index is -3.82. The molecule has 88 valence electrons. The van der Waals surface area contributed by atoms with Gasteiger partial charge >= 0.3 is 0 Å². The highest BCUT2D eigenvalue weighted by Crippen LogP contribution is 2.35.